The second-order valence-corrected chi connectivity index (χ2v) is 8.20. The first-order chi connectivity index (χ1) is 16.5. The van der Waals surface area contributed by atoms with Gasteiger partial charge in [-0.25, -0.2) is 4.79 Å². The van der Waals surface area contributed by atoms with Crippen LogP contribution in [0.4, 0.5) is 42.5 Å². The number of amides is 1. The van der Waals surface area contributed by atoms with Crippen LogP contribution in [0.25, 0.3) is 0 Å². The smallest absolute Gasteiger partial charge is 0.416 e. The molecule has 0 N–H and O–H groups in total. The van der Waals surface area contributed by atoms with Crippen LogP contribution < -0.4 is 9.64 Å². The summed E-state index contributed by atoms with van der Waals surface area (Å²) in [6, 6.07) is 5.12. The molecule has 2 aliphatic heterocycles. The Bertz CT molecular complexity index is 1070. The Hall–Kier alpha value is -3.37. The summed E-state index contributed by atoms with van der Waals surface area (Å²) in [6.45, 7) is 2.59. The first-order valence-corrected chi connectivity index (χ1v) is 11.0. The second kappa shape index (κ2) is 9.35. The maximum absolute atomic E-state index is 13.3. The predicted molar refractivity (Wildman–Crippen MR) is 116 cm³/mol. The summed E-state index contributed by atoms with van der Waals surface area (Å²) < 4.78 is 90.6. The van der Waals surface area contributed by atoms with Crippen LogP contribution >= 0.6 is 0 Å². The highest BCUT2D eigenvalue weighted by Gasteiger charge is 2.38. The maximum Gasteiger partial charge on any atom is 0.416 e. The number of benzene rings is 2. The van der Waals surface area contributed by atoms with Crippen LogP contribution in [0.15, 0.2) is 48.6 Å². The van der Waals surface area contributed by atoms with Crippen molar-refractivity contribution in [1.82, 2.24) is 4.90 Å². The highest BCUT2D eigenvalue weighted by Crippen LogP contribution is 2.51. The molecule has 0 radical (unpaired) electrons. The minimum absolute atomic E-state index is 0.113. The monoisotopic (exact) mass is 500 g/mol. The average Bonchev–Trinajstić information content (AvgIpc) is 2.80. The second-order valence-electron chi connectivity index (χ2n) is 8.20. The van der Waals surface area contributed by atoms with E-state index in [1.807, 2.05) is 6.92 Å². The molecule has 188 valence electrons. The van der Waals surface area contributed by atoms with Crippen LogP contribution in [0.2, 0.25) is 0 Å². The summed E-state index contributed by atoms with van der Waals surface area (Å²) in [4.78, 5) is 15.5. The average molecular weight is 500 g/mol. The van der Waals surface area contributed by atoms with E-state index >= 15 is 0 Å². The van der Waals surface area contributed by atoms with Crippen molar-refractivity contribution in [3.8, 4) is 11.5 Å². The molecular weight excluding hydrogens is 478 g/mol. The molecule has 0 fully saturated rings. The van der Waals surface area contributed by atoms with Gasteiger partial charge < -0.3 is 19.3 Å². The van der Waals surface area contributed by atoms with Crippen molar-refractivity contribution in [2.45, 2.75) is 38.2 Å². The summed E-state index contributed by atoms with van der Waals surface area (Å²) in [5, 5.41) is 0. The number of halogens is 6. The van der Waals surface area contributed by atoms with Crippen LogP contribution in [0.5, 0.6) is 11.5 Å². The Kier molecular flexibility index (Phi) is 6.61. The van der Waals surface area contributed by atoms with E-state index < -0.39 is 35.6 Å². The van der Waals surface area contributed by atoms with Gasteiger partial charge in [-0.15, -0.1) is 0 Å². The van der Waals surface area contributed by atoms with Gasteiger partial charge in [0.2, 0.25) is 0 Å². The van der Waals surface area contributed by atoms with Crippen LogP contribution in [-0.4, -0.2) is 36.7 Å². The fourth-order valence-electron chi connectivity index (χ4n) is 3.97. The highest BCUT2D eigenvalue weighted by atomic mass is 19.4. The molecule has 2 aromatic rings. The molecule has 11 heteroatoms. The van der Waals surface area contributed by atoms with E-state index in [2.05, 4.69) is 0 Å². The molecule has 0 bridgehead atoms. The number of hydrogen-bond acceptors (Lipinski definition) is 4. The first kappa shape index (κ1) is 24.7. The molecule has 1 unspecified atom stereocenters. The van der Waals surface area contributed by atoms with Gasteiger partial charge in [0.15, 0.2) is 11.5 Å². The lowest BCUT2D eigenvalue weighted by molar-refractivity contribution is -0.138. The Morgan fingerprint density at radius 2 is 1.57 bits per heavy atom. The quantitative estimate of drug-likeness (QED) is 0.254. The van der Waals surface area contributed by atoms with E-state index in [0.29, 0.717) is 6.42 Å². The molecular formula is C24H22F6N2O3. The predicted octanol–water partition coefficient (Wildman–Crippen LogP) is 7.15. The van der Waals surface area contributed by atoms with Gasteiger partial charge in [0.1, 0.15) is 0 Å². The summed E-state index contributed by atoms with van der Waals surface area (Å²) in [5.41, 5.74) is -1.51. The largest absolute Gasteiger partial charge is 0.453 e. The van der Waals surface area contributed by atoms with E-state index in [1.165, 1.54) is 17.0 Å². The molecule has 0 saturated heterocycles. The summed E-state index contributed by atoms with van der Waals surface area (Å²) in [7, 11) is 0. The van der Waals surface area contributed by atoms with Crippen LogP contribution in [0, 0.1) is 0 Å². The zero-order chi connectivity index (χ0) is 25.4. The van der Waals surface area contributed by atoms with Gasteiger partial charge in [0.05, 0.1) is 35.2 Å². The summed E-state index contributed by atoms with van der Waals surface area (Å²) in [6.07, 6.45) is -4.87. The lowest BCUT2D eigenvalue weighted by Crippen LogP contribution is -2.47. The SMILES string of the molecule is CCCCOC(=O)N1CC=CC(N2c3ccc(C(F)(F)F)cc3Oc3cc(C(F)(F)F)ccc32)C1. The van der Waals surface area contributed by atoms with Crippen molar-refractivity contribution in [3.63, 3.8) is 0 Å². The molecule has 0 saturated carbocycles. The molecule has 0 spiro atoms. The number of nitrogens with zero attached hydrogens (tertiary/aromatic N) is 2. The molecule has 0 aromatic heterocycles. The highest BCUT2D eigenvalue weighted by molar-refractivity contribution is 5.80. The molecule has 2 aliphatic rings. The molecule has 1 atom stereocenters. The fraction of sp³-hybridized carbons (Fsp3) is 0.375. The number of anilines is 2. The van der Waals surface area contributed by atoms with Crippen molar-refractivity contribution in [1.29, 1.82) is 0 Å². The van der Waals surface area contributed by atoms with Gasteiger partial charge in [0.25, 0.3) is 0 Å². The topological polar surface area (TPSA) is 42.0 Å². The molecule has 4 rings (SSSR count). The number of hydrogen-bond donors (Lipinski definition) is 0. The van der Waals surface area contributed by atoms with Crippen LogP contribution in [0.3, 0.4) is 0 Å². The van der Waals surface area contributed by atoms with Gasteiger partial charge in [-0.3, -0.25) is 0 Å². The van der Waals surface area contributed by atoms with E-state index in [9.17, 15) is 31.1 Å². The van der Waals surface area contributed by atoms with Gasteiger partial charge in [-0.2, -0.15) is 26.3 Å². The van der Waals surface area contributed by atoms with Crippen molar-refractivity contribution < 1.29 is 40.6 Å². The fourth-order valence-corrected chi connectivity index (χ4v) is 3.97. The summed E-state index contributed by atoms with van der Waals surface area (Å²) in [5.74, 6) is -0.467. The van der Waals surface area contributed by atoms with Gasteiger partial charge >= 0.3 is 18.4 Å². The molecule has 2 heterocycles. The Balaban J connectivity index is 1.73. The van der Waals surface area contributed by atoms with Gasteiger partial charge in [-0.1, -0.05) is 25.5 Å². The number of ether oxygens (including phenoxy) is 2. The Morgan fingerprint density at radius 1 is 1.00 bits per heavy atom. The number of rotatable bonds is 4. The van der Waals surface area contributed by atoms with Gasteiger partial charge in [-0.05, 0) is 42.8 Å². The van der Waals surface area contributed by atoms with Crippen molar-refractivity contribution in [3.05, 3.63) is 59.7 Å². The van der Waals surface area contributed by atoms with Crippen molar-refractivity contribution in [2.24, 2.45) is 0 Å². The normalized spacial score (nSPS) is 17.5. The van der Waals surface area contributed by atoms with Crippen LogP contribution in [-0.2, 0) is 17.1 Å². The van der Waals surface area contributed by atoms with Crippen molar-refractivity contribution in [2.75, 3.05) is 24.6 Å². The van der Waals surface area contributed by atoms with Gasteiger partial charge in [0, 0.05) is 13.1 Å². The molecule has 1 amide bonds. The minimum atomic E-state index is -4.67. The molecule has 5 nitrogen and oxygen atoms in total. The standard InChI is InChI=1S/C24H22F6N2O3/c1-2-3-11-34-22(33)31-10-4-5-17(14-31)32-18-8-6-15(23(25,26)27)12-20(18)35-21-13-16(24(28,29)30)7-9-19(21)32/h4-9,12-13,17H,2-3,10-11,14H2,1H3. The first-order valence-electron chi connectivity index (χ1n) is 11.0. The third-order valence-electron chi connectivity index (χ3n) is 5.72. The Morgan fingerprint density at radius 3 is 2.09 bits per heavy atom. The molecule has 2 aromatic carbocycles. The lowest BCUT2D eigenvalue weighted by atomic mass is 10.0. The molecule has 0 aliphatic carbocycles. The van der Waals surface area contributed by atoms with E-state index in [0.717, 1.165) is 30.7 Å². The van der Waals surface area contributed by atoms with Crippen LogP contribution in [0.1, 0.15) is 30.9 Å². The van der Waals surface area contributed by atoms with E-state index in [-0.39, 0.29) is 42.6 Å². The molecule has 35 heavy (non-hydrogen) atoms. The minimum Gasteiger partial charge on any atom is -0.453 e. The number of unbranched alkanes of at least 4 members (excludes halogenated alkanes) is 1. The number of carbonyl (C=O) groups excluding carboxylic acids is 1. The number of carbonyl (C=O) groups is 1. The Labute approximate surface area is 197 Å². The maximum atomic E-state index is 13.3. The third kappa shape index (κ3) is 5.18. The number of fused-ring (bicyclic) bond motifs is 2. The van der Waals surface area contributed by atoms with Crippen molar-refractivity contribution >= 4 is 17.5 Å². The third-order valence-corrected chi connectivity index (χ3v) is 5.72. The zero-order valence-electron chi connectivity index (χ0n) is 18.6. The zero-order valence-corrected chi connectivity index (χ0v) is 18.6. The van der Waals surface area contributed by atoms with E-state index in [4.69, 9.17) is 9.47 Å². The number of alkyl halides is 6. The lowest BCUT2D eigenvalue weighted by Gasteiger charge is -2.40. The summed E-state index contributed by atoms with van der Waals surface area (Å²) >= 11 is 0. The van der Waals surface area contributed by atoms with E-state index in [1.54, 1.807) is 17.1 Å².